The van der Waals surface area contributed by atoms with Crippen molar-refractivity contribution in [3.63, 3.8) is 0 Å². The lowest BCUT2D eigenvalue weighted by Crippen LogP contribution is -2.43. The summed E-state index contributed by atoms with van der Waals surface area (Å²) >= 11 is 0. The maximum atomic E-state index is 13.2. The van der Waals surface area contributed by atoms with E-state index in [9.17, 15) is 14.0 Å². The molecule has 1 aliphatic heterocycles. The minimum absolute atomic E-state index is 0.0154. The average molecular weight is 436 g/mol. The molecule has 0 bridgehead atoms. The molecule has 7 nitrogen and oxygen atoms in total. The summed E-state index contributed by atoms with van der Waals surface area (Å²) in [5.41, 5.74) is 3.17. The molecule has 2 aromatic heterocycles. The normalized spacial score (nSPS) is 23.3. The molecule has 0 unspecified atom stereocenters. The van der Waals surface area contributed by atoms with Gasteiger partial charge in [-0.2, -0.15) is 5.10 Å². The smallest absolute Gasteiger partial charge is 0.256 e. The molecular formula is C24H26FN5O2. The number of aryl methyl sites for hydroxylation is 2. The van der Waals surface area contributed by atoms with Crippen LogP contribution in [-0.4, -0.2) is 39.0 Å². The van der Waals surface area contributed by atoms with Crippen molar-refractivity contribution in [2.45, 2.75) is 52.0 Å². The monoisotopic (exact) mass is 435 g/mol. The maximum absolute atomic E-state index is 13.2. The van der Waals surface area contributed by atoms with E-state index < -0.39 is 0 Å². The molecule has 5 rings (SSSR count). The van der Waals surface area contributed by atoms with Gasteiger partial charge in [-0.15, -0.1) is 0 Å². The molecule has 166 valence electrons. The van der Waals surface area contributed by atoms with Crippen molar-refractivity contribution in [2.75, 3.05) is 11.4 Å². The standard InChI is InChI=1S/C24H26FN5O2/c1-15-13-16(2)30-21(27-15)20(14-26-30)22(31)28-18-7-9-24(10-8-18)11-12-29(23(24)32)19-5-3-17(25)4-6-19/h3-6,13-14,18H,7-12H2,1-2H3,(H,28,31)/t18-,24-. The molecule has 2 fully saturated rings. The molecule has 8 heteroatoms. The molecule has 1 aromatic carbocycles. The van der Waals surface area contributed by atoms with Crippen LogP contribution in [0.5, 0.6) is 0 Å². The minimum Gasteiger partial charge on any atom is -0.349 e. The van der Waals surface area contributed by atoms with E-state index in [1.54, 1.807) is 27.7 Å². The summed E-state index contributed by atoms with van der Waals surface area (Å²) in [5.74, 6) is -0.367. The zero-order chi connectivity index (χ0) is 22.5. The highest BCUT2D eigenvalue weighted by Crippen LogP contribution is 2.46. The molecule has 1 N–H and O–H groups in total. The van der Waals surface area contributed by atoms with Crippen LogP contribution in [0, 0.1) is 25.1 Å². The van der Waals surface area contributed by atoms with Crippen LogP contribution in [0.4, 0.5) is 10.1 Å². The van der Waals surface area contributed by atoms with Crippen LogP contribution in [-0.2, 0) is 4.79 Å². The number of fused-ring (bicyclic) bond motifs is 1. The van der Waals surface area contributed by atoms with Gasteiger partial charge in [-0.3, -0.25) is 9.59 Å². The van der Waals surface area contributed by atoms with Gasteiger partial charge in [0.15, 0.2) is 5.65 Å². The van der Waals surface area contributed by atoms with Crippen LogP contribution in [0.15, 0.2) is 36.5 Å². The SMILES string of the molecule is Cc1cc(C)n2ncc(C(=O)N[C@H]3CC[C@@]4(CCN(c5ccc(F)cc5)C4=O)CC3)c2n1. The summed E-state index contributed by atoms with van der Waals surface area (Å²) in [6.07, 6.45) is 5.33. The Morgan fingerprint density at radius 3 is 2.59 bits per heavy atom. The Hall–Kier alpha value is -3.29. The number of carbonyl (C=O) groups excluding carboxylic acids is 2. The summed E-state index contributed by atoms with van der Waals surface area (Å²) in [5, 5.41) is 7.43. The quantitative estimate of drug-likeness (QED) is 0.682. The molecule has 2 amide bonds. The topological polar surface area (TPSA) is 79.6 Å². The van der Waals surface area contributed by atoms with E-state index in [-0.39, 0.29) is 29.1 Å². The molecule has 1 spiro atoms. The van der Waals surface area contributed by atoms with Crippen molar-refractivity contribution >= 4 is 23.1 Å². The zero-order valence-electron chi connectivity index (χ0n) is 18.3. The van der Waals surface area contributed by atoms with Crippen LogP contribution < -0.4 is 10.2 Å². The lowest BCUT2D eigenvalue weighted by molar-refractivity contribution is -0.127. The number of hydrogen-bond donors (Lipinski definition) is 1. The first-order chi connectivity index (χ1) is 15.4. The van der Waals surface area contributed by atoms with Crippen molar-refractivity contribution in [1.82, 2.24) is 19.9 Å². The highest BCUT2D eigenvalue weighted by atomic mass is 19.1. The van der Waals surface area contributed by atoms with Gasteiger partial charge in [-0.1, -0.05) is 0 Å². The summed E-state index contributed by atoms with van der Waals surface area (Å²) in [4.78, 5) is 32.4. The van der Waals surface area contributed by atoms with Crippen molar-refractivity contribution in [1.29, 1.82) is 0 Å². The van der Waals surface area contributed by atoms with Crippen LogP contribution in [0.2, 0.25) is 0 Å². The van der Waals surface area contributed by atoms with Crippen LogP contribution in [0.3, 0.4) is 0 Å². The Balaban J connectivity index is 1.25. The Kier molecular flexibility index (Phi) is 4.95. The molecule has 2 aliphatic rings. The van der Waals surface area contributed by atoms with E-state index in [1.165, 1.54) is 12.1 Å². The van der Waals surface area contributed by atoms with Gasteiger partial charge in [0.2, 0.25) is 5.91 Å². The summed E-state index contributed by atoms with van der Waals surface area (Å²) in [6, 6.07) is 8.03. The fourth-order valence-corrected chi connectivity index (χ4v) is 5.16. The maximum Gasteiger partial charge on any atom is 0.256 e. The molecule has 3 aromatic rings. The summed E-state index contributed by atoms with van der Waals surface area (Å²) < 4.78 is 14.9. The number of halogens is 1. The lowest BCUT2D eigenvalue weighted by atomic mass is 9.71. The molecular weight excluding hydrogens is 409 g/mol. The third kappa shape index (κ3) is 3.43. The van der Waals surface area contributed by atoms with Crippen LogP contribution >= 0.6 is 0 Å². The minimum atomic E-state index is -0.379. The second-order valence-corrected chi connectivity index (χ2v) is 9.04. The summed E-state index contributed by atoms with van der Waals surface area (Å²) in [6.45, 7) is 4.48. The first-order valence-electron chi connectivity index (χ1n) is 11.1. The van der Waals surface area contributed by atoms with Crippen molar-refractivity contribution < 1.29 is 14.0 Å². The number of amides is 2. The van der Waals surface area contributed by atoms with Gasteiger partial charge >= 0.3 is 0 Å². The van der Waals surface area contributed by atoms with E-state index in [2.05, 4.69) is 15.4 Å². The van der Waals surface area contributed by atoms with Crippen molar-refractivity contribution in [2.24, 2.45) is 5.41 Å². The van der Waals surface area contributed by atoms with E-state index in [1.807, 2.05) is 19.9 Å². The molecule has 32 heavy (non-hydrogen) atoms. The molecule has 3 heterocycles. The van der Waals surface area contributed by atoms with E-state index >= 15 is 0 Å². The Bertz CT molecular complexity index is 1200. The van der Waals surface area contributed by atoms with Gasteiger partial charge in [0.05, 0.1) is 11.6 Å². The summed E-state index contributed by atoms with van der Waals surface area (Å²) in [7, 11) is 0. The van der Waals surface area contributed by atoms with Gasteiger partial charge in [0.25, 0.3) is 5.91 Å². The van der Waals surface area contributed by atoms with E-state index in [0.717, 1.165) is 49.2 Å². The van der Waals surface area contributed by atoms with Gasteiger partial charge in [-0.05, 0) is 76.3 Å². The molecule has 1 aliphatic carbocycles. The van der Waals surface area contributed by atoms with Crippen LogP contribution in [0.25, 0.3) is 5.65 Å². The van der Waals surface area contributed by atoms with Gasteiger partial charge in [0, 0.05) is 29.7 Å². The second kappa shape index (κ2) is 7.69. The zero-order valence-corrected chi connectivity index (χ0v) is 18.3. The lowest BCUT2D eigenvalue weighted by Gasteiger charge is -2.36. The number of nitrogens with zero attached hydrogens (tertiary/aromatic N) is 4. The van der Waals surface area contributed by atoms with Crippen LogP contribution in [0.1, 0.15) is 53.8 Å². The first-order valence-corrected chi connectivity index (χ1v) is 11.1. The fourth-order valence-electron chi connectivity index (χ4n) is 5.16. The van der Waals surface area contributed by atoms with Gasteiger partial charge in [-0.25, -0.2) is 13.9 Å². The van der Waals surface area contributed by atoms with E-state index in [4.69, 9.17) is 0 Å². The van der Waals surface area contributed by atoms with Gasteiger partial charge < -0.3 is 10.2 Å². The largest absolute Gasteiger partial charge is 0.349 e. The predicted octanol–water partition coefficient (Wildman–Crippen LogP) is 3.58. The molecule has 1 saturated heterocycles. The predicted molar refractivity (Wildman–Crippen MR) is 118 cm³/mol. The number of hydrogen-bond acceptors (Lipinski definition) is 4. The number of nitrogens with one attached hydrogen (secondary N) is 1. The van der Waals surface area contributed by atoms with Crippen molar-refractivity contribution in [3.05, 3.63) is 59.3 Å². The number of benzene rings is 1. The molecule has 0 radical (unpaired) electrons. The first kappa shape index (κ1) is 20.6. The third-order valence-electron chi connectivity index (χ3n) is 6.95. The average Bonchev–Trinajstić information content (AvgIpc) is 3.33. The number of aromatic nitrogens is 3. The van der Waals surface area contributed by atoms with Crippen molar-refractivity contribution in [3.8, 4) is 0 Å². The molecule has 1 saturated carbocycles. The Labute approximate surface area is 185 Å². The highest BCUT2D eigenvalue weighted by molar-refractivity contribution is 6.01. The number of carbonyl (C=O) groups is 2. The Morgan fingerprint density at radius 2 is 1.88 bits per heavy atom. The highest BCUT2D eigenvalue weighted by Gasteiger charge is 2.48. The third-order valence-corrected chi connectivity index (χ3v) is 6.95. The second-order valence-electron chi connectivity index (χ2n) is 9.04. The number of anilines is 1. The van der Waals surface area contributed by atoms with Gasteiger partial charge in [0.1, 0.15) is 11.4 Å². The molecule has 0 atom stereocenters. The van der Waals surface area contributed by atoms with E-state index in [0.29, 0.717) is 17.8 Å². The Morgan fingerprint density at radius 1 is 1.16 bits per heavy atom. The fraction of sp³-hybridized carbons (Fsp3) is 0.417. The number of rotatable bonds is 3.